The van der Waals surface area contributed by atoms with Crippen LogP contribution in [0.2, 0.25) is 0 Å². The first-order valence-electron chi connectivity index (χ1n) is 5.93. The number of rotatable bonds is 5. The molecule has 0 saturated carbocycles. The number of carbonyl (C=O) groups is 1. The lowest BCUT2D eigenvalue weighted by Crippen LogP contribution is -2.48. The van der Waals surface area contributed by atoms with Gasteiger partial charge in [0.2, 0.25) is 5.91 Å². The molecule has 4 nitrogen and oxygen atoms in total. The molecule has 1 atom stereocenters. The molecule has 0 saturated heterocycles. The lowest BCUT2D eigenvalue weighted by atomic mass is 9.97. The van der Waals surface area contributed by atoms with E-state index in [4.69, 9.17) is 5.73 Å². The Morgan fingerprint density at radius 3 is 2.76 bits per heavy atom. The molecule has 0 aliphatic carbocycles. The van der Waals surface area contributed by atoms with Crippen molar-refractivity contribution in [2.24, 2.45) is 5.73 Å². The van der Waals surface area contributed by atoms with E-state index in [1.807, 2.05) is 6.92 Å². The van der Waals surface area contributed by atoms with Crippen LogP contribution in [0.25, 0.3) is 0 Å². The molecule has 0 aliphatic heterocycles. The van der Waals surface area contributed by atoms with Gasteiger partial charge >= 0.3 is 0 Å². The van der Waals surface area contributed by atoms with Gasteiger partial charge in [-0.3, -0.25) is 4.79 Å². The summed E-state index contributed by atoms with van der Waals surface area (Å²) in [5, 5.41) is 3.42. The fourth-order valence-corrected chi connectivity index (χ4v) is 2.30. The number of amides is 1. The normalized spacial score (nSPS) is 14.7. The van der Waals surface area contributed by atoms with Gasteiger partial charge in [0.05, 0.1) is 5.54 Å². The summed E-state index contributed by atoms with van der Waals surface area (Å²) < 4.78 is 0. The van der Waals surface area contributed by atoms with Gasteiger partial charge in [0.1, 0.15) is 0 Å². The lowest BCUT2D eigenvalue weighted by Gasteiger charge is -2.21. The highest BCUT2D eigenvalue weighted by molar-refractivity contribution is 7.15. The maximum absolute atomic E-state index is 11.9. The van der Waals surface area contributed by atoms with Gasteiger partial charge in [-0.2, -0.15) is 0 Å². The van der Waals surface area contributed by atoms with E-state index >= 15 is 0 Å². The zero-order valence-electron chi connectivity index (χ0n) is 10.9. The average Bonchev–Trinajstić information content (AvgIpc) is 2.66. The van der Waals surface area contributed by atoms with Gasteiger partial charge in [0.25, 0.3) is 0 Å². The average molecular weight is 255 g/mol. The highest BCUT2D eigenvalue weighted by Gasteiger charge is 2.27. The zero-order valence-corrected chi connectivity index (χ0v) is 11.7. The van der Waals surface area contributed by atoms with Gasteiger partial charge in [0, 0.05) is 11.1 Å². The molecule has 17 heavy (non-hydrogen) atoms. The predicted octanol–water partition coefficient (Wildman–Crippen LogP) is 2.72. The van der Waals surface area contributed by atoms with Gasteiger partial charge in [-0.15, -0.1) is 11.3 Å². The molecular formula is C12H21N3OS. The van der Waals surface area contributed by atoms with Crippen LogP contribution in [0, 0.1) is 0 Å². The second-order valence-electron chi connectivity index (χ2n) is 4.84. The van der Waals surface area contributed by atoms with Gasteiger partial charge in [-0.05, 0) is 19.3 Å². The number of nitrogens with zero attached hydrogens (tertiary/aromatic N) is 1. The second-order valence-corrected chi connectivity index (χ2v) is 5.91. The minimum absolute atomic E-state index is 0.163. The summed E-state index contributed by atoms with van der Waals surface area (Å²) in [6, 6.07) is 0. The molecule has 96 valence electrons. The number of carbonyl (C=O) groups excluding carboxylic acids is 1. The molecule has 0 aromatic carbocycles. The molecule has 1 rings (SSSR count). The molecule has 1 unspecified atom stereocenters. The van der Waals surface area contributed by atoms with Crippen molar-refractivity contribution in [3.05, 3.63) is 11.1 Å². The van der Waals surface area contributed by atoms with Crippen LogP contribution in [-0.2, 0) is 4.79 Å². The van der Waals surface area contributed by atoms with Crippen LogP contribution in [0.1, 0.15) is 51.3 Å². The van der Waals surface area contributed by atoms with Crippen LogP contribution >= 0.6 is 11.3 Å². The van der Waals surface area contributed by atoms with Crippen LogP contribution < -0.4 is 11.1 Å². The van der Waals surface area contributed by atoms with Crippen molar-refractivity contribution in [1.29, 1.82) is 0 Å². The van der Waals surface area contributed by atoms with Crippen molar-refractivity contribution in [2.45, 2.75) is 52.0 Å². The van der Waals surface area contributed by atoms with E-state index in [2.05, 4.69) is 24.1 Å². The first-order chi connectivity index (χ1) is 7.86. The van der Waals surface area contributed by atoms with Crippen molar-refractivity contribution in [1.82, 2.24) is 4.98 Å². The molecule has 1 heterocycles. The zero-order chi connectivity index (χ0) is 13.1. The SMILES string of the molecule is CCCC(C)(N)C(=O)Nc1ncc(C(C)C)s1. The van der Waals surface area contributed by atoms with E-state index in [9.17, 15) is 4.79 Å². The van der Waals surface area contributed by atoms with Gasteiger partial charge < -0.3 is 11.1 Å². The van der Waals surface area contributed by atoms with Crippen LogP contribution in [0.15, 0.2) is 6.20 Å². The summed E-state index contributed by atoms with van der Waals surface area (Å²) in [4.78, 5) is 17.3. The van der Waals surface area contributed by atoms with Crippen molar-refractivity contribution in [3.8, 4) is 0 Å². The molecular weight excluding hydrogens is 234 g/mol. The summed E-state index contributed by atoms with van der Waals surface area (Å²) >= 11 is 1.50. The Kier molecular flexibility index (Phi) is 4.65. The highest BCUT2D eigenvalue weighted by atomic mass is 32.1. The van der Waals surface area contributed by atoms with Crippen LogP contribution in [0.4, 0.5) is 5.13 Å². The van der Waals surface area contributed by atoms with Gasteiger partial charge in [-0.25, -0.2) is 4.98 Å². The monoisotopic (exact) mass is 255 g/mol. The quantitative estimate of drug-likeness (QED) is 0.850. The first-order valence-corrected chi connectivity index (χ1v) is 6.74. The smallest absolute Gasteiger partial charge is 0.245 e. The topological polar surface area (TPSA) is 68.0 Å². The van der Waals surface area contributed by atoms with E-state index in [0.717, 1.165) is 11.3 Å². The number of nitrogens with two attached hydrogens (primary N) is 1. The van der Waals surface area contributed by atoms with Gasteiger partial charge in [0.15, 0.2) is 5.13 Å². The van der Waals surface area contributed by atoms with Crippen LogP contribution in [-0.4, -0.2) is 16.4 Å². The van der Waals surface area contributed by atoms with E-state index < -0.39 is 5.54 Å². The minimum Gasteiger partial charge on any atom is -0.318 e. The van der Waals surface area contributed by atoms with E-state index in [-0.39, 0.29) is 5.91 Å². The van der Waals surface area contributed by atoms with Crippen molar-refractivity contribution in [2.75, 3.05) is 5.32 Å². The summed E-state index contributed by atoms with van der Waals surface area (Å²) in [7, 11) is 0. The fraction of sp³-hybridized carbons (Fsp3) is 0.667. The molecule has 1 aromatic rings. The molecule has 0 spiro atoms. The Morgan fingerprint density at radius 1 is 1.65 bits per heavy atom. The number of anilines is 1. The maximum atomic E-state index is 11.9. The van der Waals surface area contributed by atoms with E-state index in [1.165, 1.54) is 11.3 Å². The largest absolute Gasteiger partial charge is 0.318 e. The van der Waals surface area contributed by atoms with Crippen molar-refractivity contribution in [3.63, 3.8) is 0 Å². The molecule has 0 bridgehead atoms. The number of hydrogen-bond donors (Lipinski definition) is 2. The van der Waals surface area contributed by atoms with Crippen LogP contribution in [0.3, 0.4) is 0 Å². The summed E-state index contributed by atoms with van der Waals surface area (Å²) in [5.41, 5.74) is 5.13. The fourth-order valence-electron chi connectivity index (χ4n) is 1.48. The van der Waals surface area contributed by atoms with Gasteiger partial charge in [-0.1, -0.05) is 27.2 Å². The van der Waals surface area contributed by atoms with E-state index in [1.54, 1.807) is 13.1 Å². The Bertz CT molecular complexity index is 385. The molecule has 0 aliphatic rings. The van der Waals surface area contributed by atoms with Crippen LogP contribution in [0.5, 0.6) is 0 Å². The Balaban J connectivity index is 2.67. The molecule has 0 fully saturated rings. The summed E-state index contributed by atoms with van der Waals surface area (Å²) in [6.07, 6.45) is 3.36. The predicted molar refractivity (Wildman–Crippen MR) is 72.3 cm³/mol. The minimum atomic E-state index is -0.821. The number of hydrogen-bond acceptors (Lipinski definition) is 4. The third-order valence-corrected chi connectivity index (χ3v) is 3.81. The Hall–Kier alpha value is -0.940. The molecule has 5 heteroatoms. The number of aromatic nitrogens is 1. The lowest BCUT2D eigenvalue weighted by molar-refractivity contribution is -0.120. The van der Waals surface area contributed by atoms with Crippen molar-refractivity contribution >= 4 is 22.4 Å². The molecule has 1 aromatic heterocycles. The molecule has 1 amide bonds. The standard InChI is InChI=1S/C12H21N3OS/c1-5-6-12(4,13)10(16)15-11-14-7-9(17-11)8(2)3/h7-8H,5-6,13H2,1-4H3,(H,14,15,16). The molecule has 3 N–H and O–H groups in total. The number of thiazole rings is 1. The highest BCUT2D eigenvalue weighted by Crippen LogP contribution is 2.25. The molecule has 0 radical (unpaired) electrons. The first kappa shape index (κ1) is 14.1. The third kappa shape index (κ3) is 3.78. The summed E-state index contributed by atoms with van der Waals surface area (Å²) in [5.74, 6) is 0.266. The Labute approximate surface area is 107 Å². The third-order valence-electron chi connectivity index (χ3n) is 2.60. The second kappa shape index (κ2) is 5.60. The Morgan fingerprint density at radius 2 is 2.29 bits per heavy atom. The maximum Gasteiger partial charge on any atom is 0.245 e. The summed E-state index contributed by atoms with van der Waals surface area (Å²) in [6.45, 7) is 7.97. The van der Waals surface area contributed by atoms with E-state index in [0.29, 0.717) is 17.5 Å². The van der Waals surface area contributed by atoms with Crippen molar-refractivity contribution < 1.29 is 4.79 Å². The number of nitrogens with one attached hydrogen (secondary N) is 1.